The van der Waals surface area contributed by atoms with Gasteiger partial charge < -0.3 is 10.5 Å². The Labute approximate surface area is 110 Å². The lowest BCUT2D eigenvalue weighted by Gasteiger charge is -2.30. The Bertz CT molecular complexity index is 468. The Morgan fingerprint density at radius 2 is 1.95 bits per heavy atom. The number of carbonyl (C=O) groups is 1. The van der Waals surface area contributed by atoms with Gasteiger partial charge in [0, 0.05) is 12.6 Å². The van der Waals surface area contributed by atoms with Crippen molar-refractivity contribution in [3.63, 3.8) is 0 Å². The Morgan fingerprint density at radius 1 is 1.37 bits per heavy atom. The van der Waals surface area contributed by atoms with Crippen LogP contribution in [-0.2, 0) is 14.9 Å². The second kappa shape index (κ2) is 5.25. The quantitative estimate of drug-likeness (QED) is 0.833. The number of esters is 1. The average molecular weight is 269 g/mol. The summed E-state index contributed by atoms with van der Waals surface area (Å²) in [6, 6.07) is 3.12. The highest BCUT2D eigenvalue weighted by Crippen LogP contribution is 2.48. The molecule has 19 heavy (non-hydrogen) atoms. The van der Waals surface area contributed by atoms with Crippen LogP contribution in [-0.4, -0.2) is 19.1 Å². The number of hydrogen-bond acceptors (Lipinski definition) is 3. The molecule has 1 fully saturated rings. The van der Waals surface area contributed by atoms with Crippen molar-refractivity contribution in [1.29, 1.82) is 0 Å². The van der Waals surface area contributed by atoms with Gasteiger partial charge in [0.25, 0.3) is 0 Å². The summed E-state index contributed by atoms with van der Waals surface area (Å²) in [4.78, 5) is 12.3. The van der Waals surface area contributed by atoms with Crippen LogP contribution in [0.25, 0.3) is 0 Å². The summed E-state index contributed by atoms with van der Waals surface area (Å²) in [5.74, 6) is -1.92. The van der Waals surface area contributed by atoms with E-state index in [1.807, 2.05) is 0 Å². The van der Waals surface area contributed by atoms with E-state index in [4.69, 9.17) is 10.5 Å². The third-order valence-electron chi connectivity index (χ3n) is 3.61. The van der Waals surface area contributed by atoms with Crippen molar-refractivity contribution >= 4 is 5.97 Å². The molecule has 0 amide bonds. The molecule has 0 radical (unpaired) electrons. The largest absolute Gasteiger partial charge is 0.465 e. The Hall–Kier alpha value is -1.49. The monoisotopic (exact) mass is 269 g/mol. The first-order chi connectivity index (χ1) is 9.04. The van der Waals surface area contributed by atoms with Crippen molar-refractivity contribution in [2.24, 2.45) is 11.7 Å². The van der Waals surface area contributed by atoms with E-state index in [2.05, 4.69) is 0 Å². The van der Waals surface area contributed by atoms with Gasteiger partial charge in [-0.25, -0.2) is 8.78 Å². The van der Waals surface area contributed by atoms with Gasteiger partial charge >= 0.3 is 5.97 Å². The summed E-state index contributed by atoms with van der Waals surface area (Å²) in [6.45, 7) is 1.89. The highest BCUT2D eigenvalue weighted by atomic mass is 19.1. The SMILES string of the molecule is CCOC(=O)C(CN)(c1cc(F)cc(F)c1)C1CC1. The molecule has 0 bridgehead atoms. The highest BCUT2D eigenvalue weighted by molar-refractivity contribution is 5.84. The van der Waals surface area contributed by atoms with Gasteiger partial charge in [0.05, 0.1) is 6.61 Å². The number of benzene rings is 1. The topological polar surface area (TPSA) is 52.3 Å². The van der Waals surface area contributed by atoms with Gasteiger partial charge in [-0.15, -0.1) is 0 Å². The highest BCUT2D eigenvalue weighted by Gasteiger charge is 2.52. The van der Waals surface area contributed by atoms with E-state index in [9.17, 15) is 13.6 Å². The van der Waals surface area contributed by atoms with E-state index in [-0.39, 0.29) is 24.6 Å². The lowest BCUT2D eigenvalue weighted by molar-refractivity contribution is -0.150. The summed E-state index contributed by atoms with van der Waals surface area (Å²) in [5, 5.41) is 0. The fourth-order valence-corrected chi connectivity index (χ4v) is 2.54. The fourth-order valence-electron chi connectivity index (χ4n) is 2.54. The predicted octanol–water partition coefficient (Wildman–Crippen LogP) is 2.13. The zero-order valence-electron chi connectivity index (χ0n) is 10.8. The van der Waals surface area contributed by atoms with E-state index in [0.29, 0.717) is 0 Å². The molecule has 1 aromatic carbocycles. The van der Waals surface area contributed by atoms with Crippen LogP contribution in [0.2, 0.25) is 0 Å². The van der Waals surface area contributed by atoms with Gasteiger partial charge in [0.2, 0.25) is 0 Å². The van der Waals surface area contributed by atoms with Crippen molar-refractivity contribution in [2.45, 2.75) is 25.2 Å². The van der Waals surface area contributed by atoms with Crippen LogP contribution in [0.3, 0.4) is 0 Å². The normalized spacial score (nSPS) is 17.9. The van der Waals surface area contributed by atoms with Gasteiger partial charge in [-0.1, -0.05) is 0 Å². The van der Waals surface area contributed by atoms with Crippen LogP contribution in [0, 0.1) is 17.6 Å². The Morgan fingerprint density at radius 3 is 2.37 bits per heavy atom. The van der Waals surface area contributed by atoms with Gasteiger partial charge in [-0.05, 0) is 43.4 Å². The molecule has 3 nitrogen and oxygen atoms in total. The molecule has 1 saturated carbocycles. The Kier molecular flexibility index (Phi) is 3.85. The van der Waals surface area contributed by atoms with Crippen LogP contribution in [0.15, 0.2) is 18.2 Å². The Balaban J connectivity index is 2.50. The summed E-state index contributed by atoms with van der Waals surface area (Å²) >= 11 is 0. The van der Waals surface area contributed by atoms with Crippen molar-refractivity contribution < 1.29 is 18.3 Å². The molecule has 0 heterocycles. The van der Waals surface area contributed by atoms with E-state index in [0.717, 1.165) is 18.9 Å². The molecule has 104 valence electrons. The summed E-state index contributed by atoms with van der Waals surface area (Å²) in [6.07, 6.45) is 1.63. The van der Waals surface area contributed by atoms with Gasteiger partial charge in [-0.2, -0.15) is 0 Å². The lowest BCUT2D eigenvalue weighted by atomic mass is 9.76. The van der Waals surface area contributed by atoms with Crippen LogP contribution in [0.5, 0.6) is 0 Å². The van der Waals surface area contributed by atoms with E-state index < -0.39 is 23.0 Å². The minimum absolute atomic E-state index is 0.00208. The minimum atomic E-state index is -1.13. The third-order valence-corrected chi connectivity index (χ3v) is 3.61. The van der Waals surface area contributed by atoms with Crippen LogP contribution < -0.4 is 5.73 Å². The molecule has 0 aromatic heterocycles. The molecule has 1 aliphatic carbocycles. The van der Waals surface area contributed by atoms with Crippen LogP contribution in [0.1, 0.15) is 25.3 Å². The number of ether oxygens (including phenoxy) is 1. The molecule has 1 atom stereocenters. The lowest BCUT2D eigenvalue weighted by Crippen LogP contribution is -2.46. The summed E-state index contributed by atoms with van der Waals surface area (Å²) < 4.78 is 31.9. The number of carbonyl (C=O) groups excluding carboxylic acids is 1. The molecule has 2 N–H and O–H groups in total. The van der Waals surface area contributed by atoms with Crippen molar-refractivity contribution in [1.82, 2.24) is 0 Å². The maximum Gasteiger partial charge on any atom is 0.318 e. The smallest absolute Gasteiger partial charge is 0.318 e. The predicted molar refractivity (Wildman–Crippen MR) is 66.4 cm³/mol. The fraction of sp³-hybridized carbons (Fsp3) is 0.500. The van der Waals surface area contributed by atoms with Gasteiger partial charge in [0.1, 0.15) is 17.0 Å². The molecular formula is C14H17F2NO2. The molecule has 1 aliphatic rings. The third kappa shape index (κ3) is 2.47. The van der Waals surface area contributed by atoms with E-state index >= 15 is 0 Å². The van der Waals surface area contributed by atoms with E-state index in [1.165, 1.54) is 12.1 Å². The molecule has 0 saturated heterocycles. The first-order valence-corrected chi connectivity index (χ1v) is 6.38. The van der Waals surface area contributed by atoms with Crippen molar-refractivity contribution in [3.8, 4) is 0 Å². The maximum absolute atomic E-state index is 13.4. The van der Waals surface area contributed by atoms with Crippen molar-refractivity contribution in [2.75, 3.05) is 13.2 Å². The van der Waals surface area contributed by atoms with Gasteiger partial charge in [0.15, 0.2) is 0 Å². The molecule has 1 unspecified atom stereocenters. The zero-order chi connectivity index (χ0) is 14.0. The molecule has 2 rings (SSSR count). The van der Waals surface area contributed by atoms with Gasteiger partial charge in [-0.3, -0.25) is 4.79 Å². The summed E-state index contributed by atoms with van der Waals surface area (Å²) in [5.41, 5.74) is 4.91. The standard InChI is InChI=1S/C14H17F2NO2/c1-2-19-13(18)14(8-17,9-3-4-9)10-5-11(15)7-12(16)6-10/h5-7,9H,2-4,8,17H2,1H3. The average Bonchev–Trinajstić information content (AvgIpc) is 3.14. The maximum atomic E-state index is 13.4. The number of nitrogens with two attached hydrogens (primary N) is 1. The number of rotatable bonds is 5. The van der Waals surface area contributed by atoms with E-state index in [1.54, 1.807) is 6.92 Å². The first-order valence-electron chi connectivity index (χ1n) is 6.38. The second-order valence-electron chi connectivity index (χ2n) is 4.83. The number of hydrogen-bond donors (Lipinski definition) is 1. The molecule has 0 spiro atoms. The molecular weight excluding hydrogens is 252 g/mol. The van der Waals surface area contributed by atoms with Crippen LogP contribution >= 0.6 is 0 Å². The van der Waals surface area contributed by atoms with Crippen molar-refractivity contribution in [3.05, 3.63) is 35.4 Å². The molecule has 0 aliphatic heterocycles. The second-order valence-corrected chi connectivity index (χ2v) is 4.83. The zero-order valence-corrected chi connectivity index (χ0v) is 10.8. The number of halogens is 2. The minimum Gasteiger partial charge on any atom is -0.465 e. The summed E-state index contributed by atoms with van der Waals surface area (Å²) in [7, 11) is 0. The molecule has 5 heteroatoms. The molecule has 1 aromatic rings. The van der Waals surface area contributed by atoms with Crippen LogP contribution in [0.4, 0.5) is 8.78 Å². The first kappa shape index (κ1) is 13.9.